The van der Waals surface area contributed by atoms with Gasteiger partial charge in [0.25, 0.3) is 0 Å². The zero-order chi connectivity index (χ0) is 10.7. The molecule has 0 fully saturated rings. The molecule has 6 heteroatoms. The topological polar surface area (TPSA) is 80.8 Å². The number of rotatable bonds is 2. The number of hydrogen-bond acceptors (Lipinski definition) is 5. The maximum atomic E-state index is 11.1. The molecule has 6 nitrogen and oxygen atoms in total. The summed E-state index contributed by atoms with van der Waals surface area (Å²) in [5.74, 6) is -0.461. The van der Waals surface area contributed by atoms with E-state index in [1.165, 1.54) is 7.11 Å². The minimum absolute atomic E-state index is 0.290. The highest BCUT2D eigenvalue weighted by atomic mass is 16.5. The van der Waals surface area contributed by atoms with Crippen LogP contribution in [0.4, 0.5) is 0 Å². The van der Waals surface area contributed by atoms with Crippen LogP contribution in [0, 0.1) is 0 Å². The summed E-state index contributed by atoms with van der Waals surface area (Å²) in [6.45, 7) is 0. The molecule has 15 heavy (non-hydrogen) atoms. The van der Waals surface area contributed by atoms with Gasteiger partial charge in [0.2, 0.25) is 0 Å². The third-order valence-electron chi connectivity index (χ3n) is 1.81. The first-order valence-corrected chi connectivity index (χ1v) is 4.21. The van der Waals surface area contributed by atoms with Crippen molar-refractivity contribution in [2.75, 3.05) is 7.11 Å². The third-order valence-corrected chi connectivity index (χ3v) is 1.81. The largest absolute Gasteiger partial charge is 0.464 e. The van der Waals surface area contributed by atoms with Gasteiger partial charge < -0.3 is 4.74 Å². The Balaban J connectivity index is 2.32. The molecule has 0 unspecified atom stereocenters. The zero-order valence-electron chi connectivity index (χ0n) is 7.97. The van der Waals surface area contributed by atoms with Crippen LogP contribution in [-0.2, 0) is 4.74 Å². The maximum Gasteiger partial charge on any atom is 0.356 e. The van der Waals surface area contributed by atoms with Crippen LogP contribution in [0.5, 0.6) is 0 Å². The van der Waals surface area contributed by atoms with Gasteiger partial charge in [0, 0.05) is 18.5 Å². The normalized spacial score (nSPS) is 9.93. The Morgan fingerprint density at radius 2 is 2.27 bits per heavy atom. The van der Waals surface area contributed by atoms with Crippen LogP contribution in [-0.4, -0.2) is 33.2 Å². The fraction of sp³-hybridized carbons (Fsp3) is 0.111. The molecule has 0 radical (unpaired) electrons. The number of H-pyrrole nitrogens is 1. The van der Waals surface area contributed by atoms with Crippen LogP contribution in [0.1, 0.15) is 10.5 Å². The van der Waals surface area contributed by atoms with Crippen molar-refractivity contribution in [3.05, 3.63) is 30.4 Å². The van der Waals surface area contributed by atoms with Crippen molar-refractivity contribution in [1.82, 2.24) is 20.2 Å². The molecule has 0 aliphatic rings. The molecule has 0 amide bonds. The van der Waals surface area contributed by atoms with Crippen molar-refractivity contribution in [1.29, 1.82) is 0 Å². The van der Waals surface area contributed by atoms with Gasteiger partial charge in [0.1, 0.15) is 17.1 Å². The molecule has 1 N–H and O–H groups in total. The molecule has 0 saturated heterocycles. The van der Waals surface area contributed by atoms with Gasteiger partial charge in [-0.15, -0.1) is 0 Å². The Bertz CT molecular complexity index is 466. The van der Waals surface area contributed by atoms with Crippen molar-refractivity contribution >= 4 is 5.97 Å². The van der Waals surface area contributed by atoms with E-state index in [0.717, 1.165) is 0 Å². The van der Waals surface area contributed by atoms with Gasteiger partial charge >= 0.3 is 5.97 Å². The van der Waals surface area contributed by atoms with E-state index >= 15 is 0 Å². The molecule has 0 aliphatic carbocycles. The number of carbonyl (C=O) groups excluding carboxylic acids is 1. The average molecular weight is 204 g/mol. The molecule has 2 heterocycles. The predicted molar refractivity (Wildman–Crippen MR) is 51.0 cm³/mol. The summed E-state index contributed by atoms with van der Waals surface area (Å²) in [6.07, 6.45) is 4.69. The molecule has 76 valence electrons. The van der Waals surface area contributed by atoms with Gasteiger partial charge in [0.05, 0.1) is 13.3 Å². The number of esters is 1. The predicted octanol–water partition coefficient (Wildman–Crippen LogP) is 0.653. The first kappa shape index (κ1) is 9.32. The molecule has 0 spiro atoms. The molecule has 2 aromatic heterocycles. The second-order valence-electron chi connectivity index (χ2n) is 2.75. The van der Waals surface area contributed by atoms with Crippen LogP contribution in [0.3, 0.4) is 0 Å². The monoisotopic (exact) mass is 204 g/mol. The molecule has 0 atom stereocenters. The average Bonchev–Trinajstić information content (AvgIpc) is 2.78. The van der Waals surface area contributed by atoms with Crippen molar-refractivity contribution < 1.29 is 9.53 Å². The van der Waals surface area contributed by atoms with E-state index in [1.54, 1.807) is 24.7 Å². The second kappa shape index (κ2) is 3.87. The lowest BCUT2D eigenvalue weighted by Gasteiger charge is -1.91. The SMILES string of the molecule is COC(=O)c1cc(-c2cnccn2)n[nH]1. The van der Waals surface area contributed by atoms with Gasteiger partial charge in [0.15, 0.2) is 0 Å². The summed E-state index contributed by atoms with van der Waals surface area (Å²) in [4.78, 5) is 19.1. The molecule has 0 aromatic carbocycles. The fourth-order valence-electron chi connectivity index (χ4n) is 1.10. The number of nitrogens with one attached hydrogen (secondary N) is 1. The van der Waals surface area contributed by atoms with Crippen LogP contribution in [0.15, 0.2) is 24.7 Å². The van der Waals surface area contributed by atoms with Gasteiger partial charge in [-0.25, -0.2) is 4.79 Å². The lowest BCUT2D eigenvalue weighted by Crippen LogP contribution is -2.00. The molecular formula is C9H8N4O2. The highest BCUT2D eigenvalue weighted by Gasteiger charge is 2.11. The van der Waals surface area contributed by atoms with Gasteiger partial charge in [-0.05, 0) is 0 Å². The minimum atomic E-state index is -0.461. The molecule has 0 bridgehead atoms. The van der Waals surface area contributed by atoms with E-state index in [0.29, 0.717) is 11.4 Å². The summed E-state index contributed by atoms with van der Waals surface area (Å²) in [5, 5.41) is 6.49. The maximum absolute atomic E-state index is 11.1. The van der Waals surface area contributed by atoms with Crippen molar-refractivity contribution in [3.8, 4) is 11.4 Å². The molecule has 2 rings (SSSR count). The summed E-state index contributed by atoms with van der Waals surface area (Å²) in [5.41, 5.74) is 1.45. The van der Waals surface area contributed by atoms with Gasteiger partial charge in [-0.2, -0.15) is 5.10 Å². The van der Waals surface area contributed by atoms with Crippen molar-refractivity contribution in [2.45, 2.75) is 0 Å². The Hall–Kier alpha value is -2.24. The van der Waals surface area contributed by atoms with E-state index in [4.69, 9.17) is 0 Å². The Kier molecular flexibility index (Phi) is 2.40. The van der Waals surface area contributed by atoms with E-state index in [-0.39, 0.29) is 5.69 Å². The Labute approximate surface area is 85.3 Å². The van der Waals surface area contributed by atoms with Crippen LogP contribution >= 0.6 is 0 Å². The van der Waals surface area contributed by atoms with Gasteiger partial charge in [-0.3, -0.25) is 15.1 Å². The smallest absolute Gasteiger partial charge is 0.356 e. The van der Waals surface area contributed by atoms with Crippen molar-refractivity contribution in [2.24, 2.45) is 0 Å². The molecular weight excluding hydrogens is 196 g/mol. The number of nitrogens with zero attached hydrogens (tertiary/aromatic N) is 3. The number of hydrogen-bond donors (Lipinski definition) is 1. The first-order valence-electron chi connectivity index (χ1n) is 4.21. The molecule has 2 aromatic rings. The highest BCUT2D eigenvalue weighted by Crippen LogP contribution is 2.13. The minimum Gasteiger partial charge on any atom is -0.464 e. The molecule has 0 saturated carbocycles. The number of aromatic amines is 1. The number of ether oxygens (including phenoxy) is 1. The fourth-order valence-corrected chi connectivity index (χ4v) is 1.10. The van der Waals surface area contributed by atoms with E-state index in [2.05, 4.69) is 24.9 Å². The van der Waals surface area contributed by atoms with E-state index in [9.17, 15) is 4.79 Å². The summed E-state index contributed by atoms with van der Waals surface area (Å²) in [6, 6.07) is 1.57. The third kappa shape index (κ3) is 1.83. The Morgan fingerprint density at radius 1 is 1.40 bits per heavy atom. The Morgan fingerprint density at radius 3 is 2.93 bits per heavy atom. The summed E-state index contributed by atoms with van der Waals surface area (Å²) >= 11 is 0. The number of aromatic nitrogens is 4. The second-order valence-corrected chi connectivity index (χ2v) is 2.75. The number of carbonyl (C=O) groups is 1. The highest BCUT2D eigenvalue weighted by molar-refractivity contribution is 5.88. The first-order chi connectivity index (χ1) is 7.31. The van der Waals surface area contributed by atoms with E-state index in [1.807, 2.05) is 0 Å². The van der Waals surface area contributed by atoms with Crippen LogP contribution < -0.4 is 0 Å². The van der Waals surface area contributed by atoms with Gasteiger partial charge in [-0.1, -0.05) is 0 Å². The number of methoxy groups -OCH3 is 1. The van der Waals surface area contributed by atoms with Crippen molar-refractivity contribution in [3.63, 3.8) is 0 Å². The van der Waals surface area contributed by atoms with E-state index < -0.39 is 5.97 Å². The lowest BCUT2D eigenvalue weighted by molar-refractivity contribution is 0.0594. The summed E-state index contributed by atoms with van der Waals surface area (Å²) < 4.78 is 4.54. The quantitative estimate of drug-likeness (QED) is 0.726. The molecule has 0 aliphatic heterocycles. The van der Waals surface area contributed by atoms with Crippen LogP contribution in [0.2, 0.25) is 0 Å². The van der Waals surface area contributed by atoms with Crippen LogP contribution in [0.25, 0.3) is 11.4 Å². The lowest BCUT2D eigenvalue weighted by atomic mass is 10.3. The standard InChI is InChI=1S/C9H8N4O2/c1-15-9(14)7-4-6(12-13-7)8-5-10-2-3-11-8/h2-5H,1H3,(H,12,13). The zero-order valence-corrected chi connectivity index (χ0v) is 7.97. The summed E-state index contributed by atoms with van der Waals surface area (Å²) in [7, 11) is 1.31.